The predicted octanol–water partition coefficient (Wildman–Crippen LogP) is -0.181. The molecule has 1 aromatic carbocycles. The van der Waals surface area contributed by atoms with Gasteiger partial charge < -0.3 is 31.5 Å². The van der Waals surface area contributed by atoms with Gasteiger partial charge in [0.2, 0.25) is 0 Å². The van der Waals surface area contributed by atoms with E-state index in [-0.39, 0.29) is 22.1 Å². The van der Waals surface area contributed by atoms with Crippen LogP contribution in [0.15, 0.2) is 47.1 Å². The van der Waals surface area contributed by atoms with E-state index in [1.165, 1.54) is 31.4 Å². The van der Waals surface area contributed by atoms with Crippen molar-refractivity contribution in [1.29, 1.82) is 0 Å². The van der Waals surface area contributed by atoms with E-state index in [9.17, 15) is 27.9 Å². The average molecular weight is 712 g/mol. The number of carbonyl (C=O) groups excluding carboxylic acids is 2. The fourth-order valence-corrected chi connectivity index (χ4v) is 5.43. The number of nitrogens with zero attached hydrogens (tertiary/aromatic N) is 4. The lowest BCUT2D eigenvalue weighted by atomic mass is 9.84. The number of carbonyl (C=O) groups is 3. The molecule has 2 atom stereocenters. The molecule has 3 heterocycles. The van der Waals surface area contributed by atoms with Crippen LogP contribution >= 0.6 is 11.3 Å². The van der Waals surface area contributed by atoms with E-state index in [4.69, 9.17) is 25.6 Å². The van der Waals surface area contributed by atoms with Gasteiger partial charge in [-0.1, -0.05) is 5.16 Å². The minimum absolute atomic E-state index is 0.0201. The molecule has 0 spiro atoms. The molecule has 21 heteroatoms. The van der Waals surface area contributed by atoms with Gasteiger partial charge >= 0.3 is 16.4 Å². The second-order valence-electron chi connectivity index (χ2n) is 10.7. The number of hydroxylamine groups is 2. The molecular formula is C27H32FN8O10S2+. The number of oxime groups is 1. The molecule has 1 saturated heterocycles. The number of thiazole rings is 1. The number of anilines is 2. The van der Waals surface area contributed by atoms with Crippen LogP contribution < -0.4 is 31.4 Å². The largest absolute Gasteiger partial charge is 0.489 e. The first kappa shape index (κ1) is 35.9. The highest BCUT2D eigenvalue weighted by Gasteiger charge is 2.58. The van der Waals surface area contributed by atoms with Crippen LogP contribution in [0.1, 0.15) is 19.5 Å². The maximum absolute atomic E-state index is 15.1. The molecule has 2 amide bonds. The SMILES string of the molecule is C[n+]1cc(-c2ccc(OC[C@H](O/N=C(\C(=O)N[C@@H]3C(=O)N(OS(=O)(=O)O)C3(C)C)c3csc(N)n3)C(=O)O)cc2F)ccc1NCCN. The molecule has 0 radical (unpaired) electrons. The number of nitrogens with two attached hydrogens (primary N) is 2. The normalized spacial score (nSPS) is 16.5. The smallest absolute Gasteiger partial charge is 0.418 e. The predicted molar refractivity (Wildman–Crippen MR) is 167 cm³/mol. The van der Waals surface area contributed by atoms with Crippen molar-refractivity contribution in [2.75, 3.05) is 30.7 Å². The van der Waals surface area contributed by atoms with Crippen molar-refractivity contribution >= 4 is 56.2 Å². The first-order valence-electron chi connectivity index (χ1n) is 13.9. The van der Waals surface area contributed by atoms with E-state index in [0.717, 1.165) is 23.2 Å². The second kappa shape index (κ2) is 14.4. The van der Waals surface area contributed by atoms with Crippen LogP contribution in [0.2, 0.25) is 0 Å². The highest BCUT2D eigenvalue weighted by molar-refractivity contribution is 7.80. The van der Waals surface area contributed by atoms with Crippen LogP contribution in [0.4, 0.5) is 15.3 Å². The summed E-state index contributed by atoms with van der Waals surface area (Å²) in [5.74, 6) is -3.52. The van der Waals surface area contributed by atoms with Gasteiger partial charge in [-0.25, -0.2) is 18.7 Å². The van der Waals surface area contributed by atoms with Crippen molar-refractivity contribution in [3.05, 3.63) is 53.4 Å². The van der Waals surface area contributed by atoms with Crippen molar-refractivity contribution in [2.24, 2.45) is 17.9 Å². The summed E-state index contributed by atoms with van der Waals surface area (Å²) < 4.78 is 57.7. The standard InChI is InChI=1S/C27H31FN8O10S2/c1-27(2)22(24(38)36(27)46-48(41,42)43)33-23(37)21(18-13-47-26(30)32-18)34-45-19(25(39)40)12-44-15-5-6-16(17(28)10-15)14-4-7-20(31-9-8-29)35(3)11-14/h4-7,10-11,13,19,22H,8-9,12,29H2,1-3H3,(H5,30,32,33,37,39,40,41,42,43)/p+1/b34-21-/t19-,22+/m0/s1. The van der Waals surface area contributed by atoms with Crippen molar-refractivity contribution in [1.82, 2.24) is 15.4 Å². The van der Waals surface area contributed by atoms with Crippen LogP contribution in [-0.4, -0.2) is 89.0 Å². The Morgan fingerprint density at radius 1 is 1.29 bits per heavy atom. The van der Waals surface area contributed by atoms with E-state index in [1.807, 2.05) is 0 Å². The minimum atomic E-state index is -5.04. The number of hydrogen-bond acceptors (Lipinski definition) is 14. The number of nitrogens with one attached hydrogen (secondary N) is 2. The van der Waals surface area contributed by atoms with E-state index in [0.29, 0.717) is 23.7 Å². The zero-order valence-electron chi connectivity index (χ0n) is 25.6. The monoisotopic (exact) mass is 711 g/mol. The highest BCUT2D eigenvalue weighted by atomic mass is 32.3. The van der Waals surface area contributed by atoms with Gasteiger partial charge in [-0.05, 0) is 32.0 Å². The van der Waals surface area contributed by atoms with E-state index < -0.39 is 64.0 Å². The minimum Gasteiger partial charge on any atom is -0.489 e. The van der Waals surface area contributed by atoms with Gasteiger partial charge in [0, 0.05) is 35.2 Å². The molecule has 1 fully saturated rings. The Labute approximate surface area is 277 Å². The number of rotatable bonds is 15. The number of pyridine rings is 1. The molecule has 0 unspecified atom stereocenters. The zero-order chi connectivity index (χ0) is 35.4. The summed E-state index contributed by atoms with van der Waals surface area (Å²) in [4.78, 5) is 46.7. The first-order valence-corrected chi connectivity index (χ1v) is 16.1. The summed E-state index contributed by atoms with van der Waals surface area (Å²) in [5, 5.41) is 20.5. The highest BCUT2D eigenvalue weighted by Crippen LogP contribution is 2.33. The Balaban J connectivity index is 1.47. The molecule has 0 aliphatic carbocycles. The van der Waals surface area contributed by atoms with Crippen molar-refractivity contribution in [2.45, 2.75) is 31.5 Å². The molecule has 0 saturated carbocycles. The Morgan fingerprint density at radius 2 is 2.02 bits per heavy atom. The third-order valence-electron chi connectivity index (χ3n) is 6.88. The number of benzene rings is 1. The van der Waals surface area contributed by atoms with E-state index in [2.05, 4.69) is 25.1 Å². The lowest BCUT2D eigenvalue weighted by Crippen LogP contribution is -2.76. The van der Waals surface area contributed by atoms with Crippen LogP contribution in [0.5, 0.6) is 5.75 Å². The van der Waals surface area contributed by atoms with Gasteiger partial charge in [-0.3, -0.25) is 19.5 Å². The van der Waals surface area contributed by atoms with Crippen LogP contribution in [-0.2, 0) is 41.0 Å². The quantitative estimate of drug-likeness (QED) is 0.0393. The summed E-state index contributed by atoms with van der Waals surface area (Å²) in [6.45, 7) is 3.01. The second-order valence-corrected chi connectivity index (χ2v) is 12.6. The molecule has 3 aromatic rings. The van der Waals surface area contributed by atoms with Gasteiger partial charge in [0.1, 0.15) is 29.9 Å². The number of halogens is 1. The fraction of sp³-hybridized carbons (Fsp3) is 0.333. The van der Waals surface area contributed by atoms with Crippen molar-refractivity contribution in [3.63, 3.8) is 0 Å². The Morgan fingerprint density at radius 3 is 2.58 bits per heavy atom. The maximum atomic E-state index is 15.1. The fourth-order valence-electron chi connectivity index (χ4n) is 4.43. The summed E-state index contributed by atoms with van der Waals surface area (Å²) in [7, 11) is -3.25. The Bertz CT molecular complexity index is 1850. The number of amides is 2. The van der Waals surface area contributed by atoms with Gasteiger partial charge in [0.25, 0.3) is 23.7 Å². The average Bonchev–Trinajstić information content (AvgIpc) is 3.44. The summed E-state index contributed by atoms with van der Waals surface area (Å²) in [6.07, 6.45) is -0.0847. The number of ether oxygens (including phenoxy) is 1. The van der Waals surface area contributed by atoms with E-state index in [1.54, 1.807) is 29.9 Å². The lowest BCUT2D eigenvalue weighted by Gasteiger charge is -2.50. The number of carboxylic acids is 1. The number of aryl methyl sites for hydroxylation is 1. The molecule has 4 rings (SSSR count). The number of hydrogen-bond donors (Lipinski definition) is 6. The first-order chi connectivity index (χ1) is 22.5. The molecule has 1 aliphatic rings. The topological polar surface area (TPSA) is 262 Å². The number of nitrogen functional groups attached to an aromatic ring is 1. The zero-order valence-corrected chi connectivity index (χ0v) is 27.2. The van der Waals surface area contributed by atoms with Gasteiger partial charge in [0.05, 0.1) is 25.3 Å². The van der Waals surface area contributed by atoms with Crippen molar-refractivity contribution in [3.8, 4) is 16.9 Å². The molecule has 2 aromatic heterocycles. The van der Waals surface area contributed by atoms with E-state index >= 15 is 4.39 Å². The number of β-lactam (4-membered cyclic amide) rings is 1. The van der Waals surface area contributed by atoms with Gasteiger partial charge in [0.15, 0.2) is 10.8 Å². The lowest BCUT2D eigenvalue weighted by molar-refractivity contribution is -0.656. The Kier molecular flexibility index (Phi) is 10.8. The molecule has 1 aliphatic heterocycles. The van der Waals surface area contributed by atoms with Crippen LogP contribution in [0, 0.1) is 5.82 Å². The molecule has 18 nitrogen and oxygen atoms in total. The van der Waals surface area contributed by atoms with Gasteiger partial charge in [-0.2, -0.15) is 13.5 Å². The van der Waals surface area contributed by atoms with Crippen LogP contribution in [0.3, 0.4) is 0 Å². The molecule has 48 heavy (non-hydrogen) atoms. The third-order valence-corrected chi connectivity index (χ3v) is 7.90. The third kappa shape index (κ3) is 8.30. The molecule has 8 N–H and O–H groups in total. The number of aromatic nitrogens is 2. The summed E-state index contributed by atoms with van der Waals surface area (Å²) >= 11 is 0.924. The maximum Gasteiger partial charge on any atom is 0.418 e. The molecule has 258 valence electrons. The number of carboxylic acid groups (broad SMARTS) is 1. The summed E-state index contributed by atoms with van der Waals surface area (Å²) in [6, 6.07) is 6.10. The van der Waals surface area contributed by atoms with Crippen LogP contribution in [0.25, 0.3) is 11.1 Å². The summed E-state index contributed by atoms with van der Waals surface area (Å²) in [5.41, 5.74) is 9.85. The number of aliphatic carboxylic acids is 1. The molecule has 0 bridgehead atoms. The molecular weight excluding hydrogens is 679 g/mol. The van der Waals surface area contributed by atoms with Crippen molar-refractivity contribution < 1.29 is 55.3 Å². The van der Waals surface area contributed by atoms with Gasteiger partial charge in [-0.15, -0.1) is 15.6 Å². The Hall–Kier alpha value is -4.96.